The van der Waals surface area contributed by atoms with E-state index in [9.17, 15) is 9.59 Å². The van der Waals surface area contributed by atoms with Crippen molar-refractivity contribution in [2.75, 3.05) is 26.4 Å². The van der Waals surface area contributed by atoms with Crippen LogP contribution in [0.25, 0.3) is 0 Å². The number of carbonyl (C=O) groups excluding carboxylic acids is 2. The Labute approximate surface area is 175 Å². The Morgan fingerprint density at radius 2 is 1.63 bits per heavy atom. The van der Waals surface area contributed by atoms with Gasteiger partial charge in [-0.2, -0.15) is 5.10 Å². The van der Waals surface area contributed by atoms with Crippen LogP contribution in [0, 0.1) is 0 Å². The van der Waals surface area contributed by atoms with Crippen LogP contribution in [0.4, 0.5) is 0 Å². The molecule has 0 heterocycles. The molecule has 0 aliphatic heterocycles. The summed E-state index contributed by atoms with van der Waals surface area (Å²) in [6.07, 6.45) is 1.49. The van der Waals surface area contributed by atoms with Gasteiger partial charge in [-0.15, -0.1) is 0 Å². The lowest BCUT2D eigenvalue weighted by Gasteiger charge is -2.12. The van der Waals surface area contributed by atoms with Crippen LogP contribution in [0.5, 0.6) is 17.2 Å². The quantitative estimate of drug-likeness (QED) is 0.345. The SMILES string of the molecule is CCOC(=O)COc1ccc(/C=N\NC(=O)c2ccc(OCC)cc2)cc1OCC. The van der Waals surface area contributed by atoms with Crippen LogP contribution in [0.1, 0.15) is 36.7 Å². The van der Waals surface area contributed by atoms with E-state index in [2.05, 4.69) is 10.5 Å². The van der Waals surface area contributed by atoms with E-state index in [1.165, 1.54) is 6.21 Å². The van der Waals surface area contributed by atoms with Gasteiger partial charge in [-0.3, -0.25) is 4.79 Å². The number of hydrogen-bond donors (Lipinski definition) is 1. The standard InChI is InChI=1S/C22H26N2O6/c1-4-27-18-10-8-17(9-11-18)22(26)24-23-14-16-7-12-19(20(13-16)28-5-2)30-15-21(25)29-6-3/h7-14H,4-6,15H2,1-3H3,(H,24,26)/b23-14-. The molecule has 0 fully saturated rings. The molecular weight excluding hydrogens is 388 g/mol. The maximum atomic E-state index is 12.2. The van der Waals surface area contributed by atoms with Gasteiger partial charge in [0.1, 0.15) is 5.75 Å². The summed E-state index contributed by atoms with van der Waals surface area (Å²) in [5.41, 5.74) is 3.63. The lowest BCUT2D eigenvalue weighted by molar-refractivity contribution is -0.145. The second-order valence-corrected chi connectivity index (χ2v) is 5.89. The van der Waals surface area contributed by atoms with Gasteiger partial charge in [0, 0.05) is 5.56 Å². The summed E-state index contributed by atoms with van der Waals surface area (Å²) in [5.74, 6) is 0.784. The zero-order valence-corrected chi connectivity index (χ0v) is 17.3. The fourth-order valence-electron chi connectivity index (χ4n) is 2.43. The molecular formula is C22H26N2O6. The molecule has 2 aromatic rings. The fourth-order valence-corrected chi connectivity index (χ4v) is 2.43. The first-order chi connectivity index (χ1) is 14.6. The minimum Gasteiger partial charge on any atom is -0.494 e. The summed E-state index contributed by atoms with van der Waals surface area (Å²) in [6.45, 7) is 6.53. The van der Waals surface area contributed by atoms with Crippen LogP contribution in [-0.2, 0) is 9.53 Å². The summed E-state index contributed by atoms with van der Waals surface area (Å²) in [5, 5.41) is 3.98. The van der Waals surface area contributed by atoms with E-state index >= 15 is 0 Å². The van der Waals surface area contributed by atoms with Gasteiger partial charge in [0.15, 0.2) is 18.1 Å². The highest BCUT2D eigenvalue weighted by Gasteiger charge is 2.10. The number of nitrogens with one attached hydrogen (secondary N) is 1. The molecule has 1 amide bonds. The number of carbonyl (C=O) groups is 2. The lowest BCUT2D eigenvalue weighted by atomic mass is 10.2. The number of esters is 1. The Kier molecular flexibility index (Phi) is 9.18. The van der Waals surface area contributed by atoms with E-state index in [1.807, 2.05) is 13.8 Å². The summed E-state index contributed by atoms with van der Waals surface area (Å²) in [6, 6.07) is 11.9. The molecule has 0 saturated heterocycles. The Bertz CT molecular complexity index is 864. The Balaban J connectivity index is 1.99. The number of rotatable bonds is 11. The molecule has 2 rings (SSSR count). The van der Waals surface area contributed by atoms with Crippen LogP contribution < -0.4 is 19.6 Å². The lowest BCUT2D eigenvalue weighted by Crippen LogP contribution is -2.17. The molecule has 0 atom stereocenters. The van der Waals surface area contributed by atoms with Crippen LogP contribution in [0.2, 0.25) is 0 Å². The monoisotopic (exact) mass is 414 g/mol. The number of ether oxygens (including phenoxy) is 4. The molecule has 0 aliphatic rings. The van der Waals surface area contributed by atoms with Gasteiger partial charge in [-0.1, -0.05) is 0 Å². The Hall–Kier alpha value is -3.55. The van der Waals surface area contributed by atoms with Gasteiger partial charge >= 0.3 is 5.97 Å². The van der Waals surface area contributed by atoms with Gasteiger partial charge in [-0.25, -0.2) is 10.2 Å². The van der Waals surface area contributed by atoms with E-state index in [4.69, 9.17) is 18.9 Å². The number of nitrogens with zero attached hydrogens (tertiary/aromatic N) is 1. The maximum Gasteiger partial charge on any atom is 0.344 e. The molecule has 30 heavy (non-hydrogen) atoms. The van der Waals surface area contributed by atoms with Crippen molar-refractivity contribution >= 4 is 18.1 Å². The summed E-state index contributed by atoms with van der Waals surface area (Å²) in [4.78, 5) is 23.6. The number of hydrazone groups is 1. The zero-order chi connectivity index (χ0) is 21.8. The van der Waals surface area contributed by atoms with E-state index in [-0.39, 0.29) is 19.1 Å². The molecule has 0 aromatic heterocycles. The highest BCUT2D eigenvalue weighted by Crippen LogP contribution is 2.28. The number of amides is 1. The van der Waals surface area contributed by atoms with Crippen molar-refractivity contribution in [3.05, 3.63) is 53.6 Å². The fraction of sp³-hybridized carbons (Fsp3) is 0.318. The third-order valence-electron chi connectivity index (χ3n) is 3.73. The second kappa shape index (κ2) is 12.1. The van der Waals surface area contributed by atoms with Crippen molar-refractivity contribution in [2.45, 2.75) is 20.8 Å². The van der Waals surface area contributed by atoms with Crippen molar-refractivity contribution in [3.63, 3.8) is 0 Å². The first-order valence-electron chi connectivity index (χ1n) is 9.68. The van der Waals surface area contributed by atoms with Gasteiger partial charge in [0.25, 0.3) is 5.91 Å². The Morgan fingerprint density at radius 3 is 2.30 bits per heavy atom. The van der Waals surface area contributed by atoms with Gasteiger partial charge in [-0.05, 0) is 68.8 Å². The summed E-state index contributed by atoms with van der Waals surface area (Å²) in [7, 11) is 0. The minimum atomic E-state index is -0.456. The highest BCUT2D eigenvalue weighted by molar-refractivity contribution is 5.95. The first kappa shape index (κ1) is 22.7. The maximum absolute atomic E-state index is 12.2. The van der Waals surface area contributed by atoms with Gasteiger partial charge < -0.3 is 18.9 Å². The summed E-state index contributed by atoms with van der Waals surface area (Å²) >= 11 is 0. The molecule has 0 radical (unpaired) electrons. The van der Waals surface area contributed by atoms with Crippen LogP contribution in [-0.4, -0.2) is 44.5 Å². The number of benzene rings is 2. The molecule has 2 aromatic carbocycles. The molecule has 0 bridgehead atoms. The van der Waals surface area contributed by atoms with Crippen molar-refractivity contribution < 1.29 is 28.5 Å². The van der Waals surface area contributed by atoms with Crippen LogP contribution in [0.15, 0.2) is 47.6 Å². The van der Waals surface area contributed by atoms with E-state index in [0.29, 0.717) is 41.6 Å². The van der Waals surface area contributed by atoms with Gasteiger partial charge in [0.05, 0.1) is 26.0 Å². The third-order valence-corrected chi connectivity index (χ3v) is 3.73. The number of hydrogen-bond acceptors (Lipinski definition) is 7. The first-order valence-corrected chi connectivity index (χ1v) is 9.68. The van der Waals surface area contributed by atoms with E-state index in [1.54, 1.807) is 49.4 Å². The predicted octanol–water partition coefficient (Wildman–Crippen LogP) is 3.19. The average Bonchev–Trinajstić information content (AvgIpc) is 2.74. The molecule has 8 heteroatoms. The highest BCUT2D eigenvalue weighted by atomic mass is 16.6. The Morgan fingerprint density at radius 1 is 0.900 bits per heavy atom. The molecule has 0 unspecified atom stereocenters. The van der Waals surface area contributed by atoms with Crippen LogP contribution in [0.3, 0.4) is 0 Å². The zero-order valence-electron chi connectivity index (χ0n) is 17.3. The molecule has 0 spiro atoms. The second-order valence-electron chi connectivity index (χ2n) is 5.89. The summed E-state index contributed by atoms with van der Waals surface area (Å²) < 4.78 is 21.2. The predicted molar refractivity (Wildman–Crippen MR) is 112 cm³/mol. The third kappa shape index (κ3) is 7.12. The molecule has 0 saturated carbocycles. The minimum absolute atomic E-state index is 0.209. The van der Waals surface area contributed by atoms with Crippen molar-refractivity contribution in [1.29, 1.82) is 0 Å². The van der Waals surface area contributed by atoms with Crippen molar-refractivity contribution in [2.24, 2.45) is 5.10 Å². The smallest absolute Gasteiger partial charge is 0.344 e. The van der Waals surface area contributed by atoms with E-state index in [0.717, 1.165) is 0 Å². The average molecular weight is 414 g/mol. The van der Waals surface area contributed by atoms with Crippen molar-refractivity contribution in [1.82, 2.24) is 5.43 Å². The van der Waals surface area contributed by atoms with Gasteiger partial charge in [0.2, 0.25) is 0 Å². The molecule has 8 nitrogen and oxygen atoms in total. The largest absolute Gasteiger partial charge is 0.494 e. The molecule has 1 N–H and O–H groups in total. The molecule has 160 valence electrons. The topological polar surface area (TPSA) is 95.5 Å². The van der Waals surface area contributed by atoms with E-state index < -0.39 is 5.97 Å². The normalized spacial score (nSPS) is 10.5. The van der Waals surface area contributed by atoms with Crippen molar-refractivity contribution in [3.8, 4) is 17.2 Å². The molecule has 0 aliphatic carbocycles. The van der Waals surface area contributed by atoms with Crippen LogP contribution >= 0.6 is 0 Å².